The lowest BCUT2D eigenvalue weighted by molar-refractivity contribution is 0.412. The second-order valence-electron chi connectivity index (χ2n) is 4.37. The third-order valence-electron chi connectivity index (χ3n) is 2.82. The van der Waals surface area contributed by atoms with Crippen LogP contribution in [0.25, 0.3) is 0 Å². The molecule has 2 aromatic rings. The molecule has 0 aliphatic heterocycles. The molecule has 1 unspecified atom stereocenters. The van der Waals surface area contributed by atoms with E-state index in [0.29, 0.717) is 17.1 Å². The van der Waals surface area contributed by atoms with E-state index >= 15 is 0 Å². The monoisotopic (exact) mass is 339 g/mol. The van der Waals surface area contributed by atoms with Crippen LogP contribution in [0.3, 0.4) is 0 Å². The molecule has 0 spiro atoms. The highest BCUT2D eigenvalue weighted by Gasteiger charge is 2.12. The SMILES string of the molecule is COc1ccc(Oc2ccc(F)cc2C(C)N)c(Br)c1. The van der Waals surface area contributed by atoms with Gasteiger partial charge in [0.05, 0.1) is 11.6 Å². The molecule has 1 atom stereocenters. The Labute approximate surface area is 125 Å². The van der Waals surface area contributed by atoms with E-state index in [-0.39, 0.29) is 11.9 Å². The van der Waals surface area contributed by atoms with E-state index in [9.17, 15) is 4.39 Å². The zero-order chi connectivity index (χ0) is 14.7. The quantitative estimate of drug-likeness (QED) is 0.897. The normalized spacial score (nSPS) is 12.1. The second-order valence-corrected chi connectivity index (χ2v) is 5.22. The van der Waals surface area contributed by atoms with Gasteiger partial charge in [0.2, 0.25) is 0 Å². The Bertz CT molecular complexity index is 617. The molecule has 106 valence electrons. The fourth-order valence-electron chi connectivity index (χ4n) is 1.78. The van der Waals surface area contributed by atoms with Gasteiger partial charge in [0.15, 0.2) is 0 Å². The first kappa shape index (κ1) is 14.8. The molecular weight excluding hydrogens is 325 g/mol. The average Bonchev–Trinajstić information content (AvgIpc) is 2.42. The topological polar surface area (TPSA) is 44.5 Å². The molecule has 0 aliphatic carbocycles. The molecule has 0 saturated heterocycles. The van der Waals surface area contributed by atoms with Gasteiger partial charge in [0.1, 0.15) is 23.1 Å². The zero-order valence-corrected chi connectivity index (χ0v) is 12.8. The lowest BCUT2D eigenvalue weighted by Gasteiger charge is -2.15. The predicted octanol–water partition coefficient (Wildman–Crippen LogP) is 4.41. The summed E-state index contributed by atoms with van der Waals surface area (Å²) in [7, 11) is 1.59. The maximum Gasteiger partial charge on any atom is 0.141 e. The average molecular weight is 340 g/mol. The highest BCUT2D eigenvalue weighted by molar-refractivity contribution is 9.10. The number of benzene rings is 2. The van der Waals surface area contributed by atoms with Crippen LogP contribution < -0.4 is 15.2 Å². The molecule has 2 rings (SSSR count). The molecular formula is C15H15BrFNO2. The van der Waals surface area contributed by atoms with Crippen molar-refractivity contribution in [3.63, 3.8) is 0 Å². The number of rotatable bonds is 4. The molecule has 0 radical (unpaired) electrons. The fraction of sp³-hybridized carbons (Fsp3) is 0.200. The summed E-state index contributed by atoms with van der Waals surface area (Å²) in [6, 6.07) is 9.34. The van der Waals surface area contributed by atoms with Crippen LogP contribution in [0.2, 0.25) is 0 Å². The van der Waals surface area contributed by atoms with E-state index in [1.54, 1.807) is 38.3 Å². The van der Waals surface area contributed by atoms with Gasteiger partial charge in [-0.05, 0) is 59.3 Å². The number of hydrogen-bond donors (Lipinski definition) is 1. The number of hydrogen-bond acceptors (Lipinski definition) is 3. The van der Waals surface area contributed by atoms with Crippen molar-refractivity contribution in [2.24, 2.45) is 5.73 Å². The van der Waals surface area contributed by atoms with Gasteiger partial charge < -0.3 is 15.2 Å². The van der Waals surface area contributed by atoms with Crippen molar-refractivity contribution in [3.05, 3.63) is 52.3 Å². The van der Waals surface area contributed by atoms with Crippen LogP contribution in [0, 0.1) is 5.82 Å². The van der Waals surface area contributed by atoms with E-state index in [1.807, 2.05) is 0 Å². The Hall–Kier alpha value is -1.59. The molecule has 0 saturated carbocycles. The van der Waals surface area contributed by atoms with Gasteiger partial charge in [0.25, 0.3) is 0 Å². The van der Waals surface area contributed by atoms with Gasteiger partial charge in [-0.15, -0.1) is 0 Å². The molecule has 2 aromatic carbocycles. The number of ether oxygens (including phenoxy) is 2. The molecule has 0 amide bonds. The molecule has 0 bridgehead atoms. The fourth-order valence-corrected chi connectivity index (χ4v) is 2.22. The van der Waals surface area contributed by atoms with Crippen molar-refractivity contribution in [3.8, 4) is 17.2 Å². The lowest BCUT2D eigenvalue weighted by Crippen LogP contribution is -2.07. The van der Waals surface area contributed by atoms with Crippen LogP contribution in [0.15, 0.2) is 40.9 Å². The first-order valence-electron chi connectivity index (χ1n) is 6.07. The number of nitrogens with two attached hydrogens (primary N) is 1. The third kappa shape index (κ3) is 3.29. The summed E-state index contributed by atoms with van der Waals surface area (Å²) in [5, 5.41) is 0. The highest BCUT2D eigenvalue weighted by atomic mass is 79.9. The molecule has 0 fully saturated rings. The summed E-state index contributed by atoms with van der Waals surface area (Å²) in [5.74, 6) is 1.53. The third-order valence-corrected chi connectivity index (χ3v) is 3.44. The summed E-state index contributed by atoms with van der Waals surface area (Å²) >= 11 is 3.41. The zero-order valence-electron chi connectivity index (χ0n) is 11.2. The van der Waals surface area contributed by atoms with Crippen LogP contribution in [-0.4, -0.2) is 7.11 Å². The summed E-state index contributed by atoms with van der Waals surface area (Å²) in [5.41, 5.74) is 6.46. The van der Waals surface area contributed by atoms with Crippen molar-refractivity contribution in [2.75, 3.05) is 7.11 Å². The van der Waals surface area contributed by atoms with Gasteiger partial charge in [-0.2, -0.15) is 0 Å². The Balaban J connectivity index is 2.35. The first-order valence-corrected chi connectivity index (χ1v) is 6.87. The maximum absolute atomic E-state index is 13.3. The van der Waals surface area contributed by atoms with Gasteiger partial charge in [-0.25, -0.2) is 4.39 Å². The molecule has 20 heavy (non-hydrogen) atoms. The first-order chi connectivity index (χ1) is 9.51. The molecule has 0 heterocycles. The van der Waals surface area contributed by atoms with Crippen LogP contribution in [-0.2, 0) is 0 Å². The van der Waals surface area contributed by atoms with Crippen molar-refractivity contribution < 1.29 is 13.9 Å². The Morgan fingerprint density at radius 2 is 1.85 bits per heavy atom. The van der Waals surface area contributed by atoms with E-state index in [4.69, 9.17) is 15.2 Å². The summed E-state index contributed by atoms with van der Waals surface area (Å²) in [4.78, 5) is 0. The standard InChI is InChI=1S/C15H15BrFNO2/c1-9(18)12-7-10(17)3-5-14(12)20-15-6-4-11(19-2)8-13(15)16/h3-9H,18H2,1-2H3. The Morgan fingerprint density at radius 3 is 2.45 bits per heavy atom. The van der Waals surface area contributed by atoms with Crippen LogP contribution in [0.4, 0.5) is 4.39 Å². The minimum atomic E-state index is -0.335. The Kier molecular flexibility index (Phi) is 4.62. The molecule has 0 aromatic heterocycles. The predicted molar refractivity (Wildman–Crippen MR) is 79.8 cm³/mol. The van der Waals surface area contributed by atoms with Crippen molar-refractivity contribution in [1.82, 2.24) is 0 Å². The molecule has 0 aliphatic rings. The number of halogens is 2. The van der Waals surface area contributed by atoms with Crippen molar-refractivity contribution in [2.45, 2.75) is 13.0 Å². The summed E-state index contributed by atoms with van der Waals surface area (Å²) < 4.78 is 25.0. The van der Waals surface area contributed by atoms with E-state index in [2.05, 4.69) is 15.9 Å². The summed E-state index contributed by atoms with van der Waals surface area (Å²) in [6.45, 7) is 1.78. The van der Waals surface area contributed by atoms with Gasteiger partial charge in [-0.3, -0.25) is 0 Å². The smallest absolute Gasteiger partial charge is 0.141 e. The molecule has 5 heteroatoms. The van der Waals surface area contributed by atoms with Gasteiger partial charge >= 0.3 is 0 Å². The van der Waals surface area contributed by atoms with E-state index in [1.165, 1.54) is 12.1 Å². The van der Waals surface area contributed by atoms with Crippen LogP contribution in [0.1, 0.15) is 18.5 Å². The van der Waals surface area contributed by atoms with E-state index in [0.717, 1.165) is 10.2 Å². The molecule has 3 nitrogen and oxygen atoms in total. The highest BCUT2D eigenvalue weighted by Crippen LogP contribution is 2.35. The van der Waals surface area contributed by atoms with Crippen LogP contribution in [0.5, 0.6) is 17.2 Å². The van der Waals surface area contributed by atoms with Gasteiger partial charge in [-0.1, -0.05) is 0 Å². The van der Waals surface area contributed by atoms with Crippen LogP contribution >= 0.6 is 15.9 Å². The minimum Gasteiger partial charge on any atom is -0.497 e. The Morgan fingerprint density at radius 1 is 1.15 bits per heavy atom. The lowest BCUT2D eigenvalue weighted by atomic mass is 10.1. The minimum absolute atomic E-state index is 0.322. The second kappa shape index (κ2) is 6.24. The van der Waals surface area contributed by atoms with Crippen molar-refractivity contribution >= 4 is 15.9 Å². The molecule has 2 N–H and O–H groups in total. The summed E-state index contributed by atoms with van der Waals surface area (Å²) in [6.07, 6.45) is 0. The number of methoxy groups -OCH3 is 1. The maximum atomic E-state index is 13.3. The van der Waals surface area contributed by atoms with Gasteiger partial charge in [0, 0.05) is 11.6 Å². The largest absolute Gasteiger partial charge is 0.497 e. The van der Waals surface area contributed by atoms with E-state index < -0.39 is 0 Å². The van der Waals surface area contributed by atoms with Crippen molar-refractivity contribution in [1.29, 1.82) is 0 Å².